The summed E-state index contributed by atoms with van der Waals surface area (Å²) in [4.78, 5) is 12.0. The van der Waals surface area contributed by atoms with Gasteiger partial charge in [0.2, 0.25) is 0 Å². The lowest BCUT2D eigenvalue weighted by molar-refractivity contribution is 0.0950. The minimum atomic E-state index is -0.255. The number of halogens is 1. The topological polar surface area (TPSA) is 57.8 Å². The highest BCUT2D eigenvalue weighted by atomic mass is 32.2. The second-order valence-electron chi connectivity index (χ2n) is 4.44. The first-order valence-corrected chi connectivity index (χ1v) is 7.55. The molecule has 2 aromatic rings. The molecule has 0 saturated carbocycles. The number of carbonyl (C=O) groups is 1. The molecule has 0 aliphatic carbocycles. The number of hydrogen-bond acceptors (Lipinski definition) is 3. The van der Waals surface area contributed by atoms with Gasteiger partial charge in [-0.2, -0.15) is 16.9 Å². The maximum atomic E-state index is 13.2. The molecule has 0 fully saturated rings. The van der Waals surface area contributed by atoms with E-state index in [-0.39, 0.29) is 11.7 Å². The van der Waals surface area contributed by atoms with Crippen LogP contribution in [0.1, 0.15) is 27.2 Å². The van der Waals surface area contributed by atoms with Crippen molar-refractivity contribution in [2.45, 2.75) is 19.2 Å². The molecule has 20 heavy (non-hydrogen) atoms. The Balaban J connectivity index is 2.07. The molecule has 2 N–H and O–H groups in total. The molecule has 0 radical (unpaired) electrons. The summed E-state index contributed by atoms with van der Waals surface area (Å²) in [5.74, 6) is 0.277. The van der Waals surface area contributed by atoms with E-state index in [1.165, 1.54) is 18.3 Å². The van der Waals surface area contributed by atoms with E-state index in [4.69, 9.17) is 0 Å². The van der Waals surface area contributed by atoms with Crippen molar-refractivity contribution < 1.29 is 9.18 Å². The first-order valence-electron chi connectivity index (χ1n) is 6.16. The van der Waals surface area contributed by atoms with Gasteiger partial charge in [0.25, 0.3) is 5.91 Å². The summed E-state index contributed by atoms with van der Waals surface area (Å²) < 4.78 is 13.2. The molecule has 2 rings (SSSR count). The maximum Gasteiger partial charge on any atom is 0.255 e. The number of hydrogen-bond donors (Lipinski definition) is 2. The number of nitrogens with zero attached hydrogens (tertiary/aromatic N) is 1. The molecule has 1 amide bonds. The number of aromatic amines is 1. The molecule has 0 saturated heterocycles. The maximum absolute atomic E-state index is 13.2. The van der Waals surface area contributed by atoms with Crippen molar-refractivity contribution in [3.8, 4) is 0 Å². The van der Waals surface area contributed by atoms with Crippen LogP contribution in [0, 0.1) is 12.7 Å². The molecule has 1 heterocycles. The summed E-state index contributed by atoms with van der Waals surface area (Å²) in [6.07, 6.45) is 3.46. The normalized spacial score (nSPS) is 10.6. The number of thioether (sulfide) groups is 1. The van der Waals surface area contributed by atoms with E-state index in [0.29, 0.717) is 17.9 Å². The van der Waals surface area contributed by atoms with E-state index in [9.17, 15) is 9.18 Å². The minimum Gasteiger partial charge on any atom is -0.348 e. The van der Waals surface area contributed by atoms with Crippen LogP contribution in [0.5, 0.6) is 0 Å². The van der Waals surface area contributed by atoms with E-state index in [1.54, 1.807) is 24.8 Å². The monoisotopic (exact) mass is 293 g/mol. The number of aromatic nitrogens is 2. The summed E-state index contributed by atoms with van der Waals surface area (Å²) in [5, 5.41) is 9.37. The highest BCUT2D eigenvalue weighted by Crippen LogP contribution is 2.17. The fourth-order valence-electron chi connectivity index (χ4n) is 1.91. The second-order valence-corrected chi connectivity index (χ2v) is 5.30. The van der Waals surface area contributed by atoms with Gasteiger partial charge in [-0.3, -0.25) is 9.89 Å². The van der Waals surface area contributed by atoms with Gasteiger partial charge in [-0.15, -0.1) is 0 Å². The Morgan fingerprint density at radius 2 is 2.25 bits per heavy atom. The van der Waals surface area contributed by atoms with E-state index in [1.807, 2.05) is 6.26 Å². The number of amides is 1. The van der Waals surface area contributed by atoms with Crippen molar-refractivity contribution in [3.05, 3.63) is 52.6 Å². The first kappa shape index (κ1) is 14.6. The lowest BCUT2D eigenvalue weighted by Crippen LogP contribution is -2.23. The van der Waals surface area contributed by atoms with Crippen molar-refractivity contribution in [2.75, 3.05) is 6.26 Å². The number of carbonyl (C=O) groups excluding carboxylic acids is 1. The van der Waals surface area contributed by atoms with Crippen LogP contribution in [0.4, 0.5) is 4.39 Å². The van der Waals surface area contributed by atoms with Crippen molar-refractivity contribution in [1.29, 1.82) is 0 Å². The van der Waals surface area contributed by atoms with Crippen LogP contribution in [0.3, 0.4) is 0 Å². The molecule has 1 aromatic heterocycles. The van der Waals surface area contributed by atoms with Gasteiger partial charge < -0.3 is 5.32 Å². The molecule has 0 spiro atoms. The first-order chi connectivity index (χ1) is 9.61. The number of nitrogens with one attached hydrogen (secondary N) is 2. The van der Waals surface area contributed by atoms with Gasteiger partial charge in [-0.25, -0.2) is 4.39 Å². The van der Waals surface area contributed by atoms with Crippen LogP contribution in [0.25, 0.3) is 0 Å². The largest absolute Gasteiger partial charge is 0.348 e. The fraction of sp³-hybridized carbons (Fsp3) is 0.286. The Labute approximate surface area is 121 Å². The molecular weight excluding hydrogens is 277 g/mol. The van der Waals surface area contributed by atoms with E-state index >= 15 is 0 Å². The van der Waals surface area contributed by atoms with Crippen LogP contribution in [-0.2, 0) is 12.3 Å². The molecule has 106 valence electrons. The molecule has 0 atom stereocenters. The molecule has 0 bridgehead atoms. The van der Waals surface area contributed by atoms with Crippen molar-refractivity contribution in [1.82, 2.24) is 15.5 Å². The predicted molar refractivity (Wildman–Crippen MR) is 78.1 cm³/mol. The summed E-state index contributed by atoms with van der Waals surface area (Å²) in [5.41, 5.74) is 3.08. The molecule has 0 aliphatic heterocycles. The van der Waals surface area contributed by atoms with Crippen LogP contribution in [0.15, 0.2) is 24.4 Å². The number of H-pyrrole nitrogens is 1. The average Bonchev–Trinajstić information content (AvgIpc) is 2.84. The van der Waals surface area contributed by atoms with Gasteiger partial charge >= 0.3 is 0 Å². The van der Waals surface area contributed by atoms with Crippen LogP contribution in [-0.4, -0.2) is 22.4 Å². The van der Waals surface area contributed by atoms with Crippen molar-refractivity contribution in [2.24, 2.45) is 0 Å². The van der Waals surface area contributed by atoms with Gasteiger partial charge in [0.15, 0.2) is 0 Å². The summed E-state index contributed by atoms with van der Waals surface area (Å²) in [6, 6.07) is 4.64. The molecule has 0 unspecified atom stereocenters. The van der Waals surface area contributed by atoms with Gasteiger partial charge in [0.05, 0.1) is 11.8 Å². The second kappa shape index (κ2) is 6.56. The summed E-state index contributed by atoms with van der Waals surface area (Å²) >= 11 is 1.62. The third kappa shape index (κ3) is 3.39. The van der Waals surface area contributed by atoms with E-state index in [0.717, 1.165) is 16.8 Å². The third-order valence-corrected chi connectivity index (χ3v) is 3.58. The lowest BCUT2D eigenvalue weighted by Gasteiger charge is -2.10. The standard InChI is InChI=1S/C14H16FN3OS/c1-9-13(7-17-18-9)14(19)16-6-10-3-4-12(15)5-11(10)8-20-2/h3-5,7H,6,8H2,1-2H3,(H,16,19)(H,17,18). The Hall–Kier alpha value is -1.82. The van der Waals surface area contributed by atoms with Gasteiger partial charge in [0, 0.05) is 18.0 Å². The number of rotatable bonds is 5. The number of benzene rings is 1. The Morgan fingerprint density at radius 3 is 2.90 bits per heavy atom. The Kier molecular flexibility index (Phi) is 4.79. The zero-order valence-corrected chi connectivity index (χ0v) is 12.2. The van der Waals surface area contributed by atoms with Gasteiger partial charge in [0.1, 0.15) is 5.82 Å². The fourth-order valence-corrected chi connectivity index (χ4v) is 2.49. The Bertz CT molecular complexity index is 612. The Morgan fingerprint density at radius 1 is 1.45 bits per heavy atom. The van der Waals surface area contributed by atoms with Crippen LogP contribution in [0.2, 0.25) is 0 Å². The zero-order chi connectivity index (χ0) is 14.5. The highest BCUT2D eigenvalue weighted by Gasteiger charge is 2.11. The average molecular weight is 293 g/mol. The minimum absolute atomic E-state index is 0.185. The molecule has 6 heteroatoms. The summed E-state index contributed by atoms with van der Waals surface area (Å²) in [7, 11) is 0. The van der Waals surface area contributed by atoms with Gasteiger partial charge in [-0.05, 0) is 36.4 Å². The van der Waals surface area contributed by atoms with Crippen LogP contribution < -0.4 is 5.32 Å². The molecule has 4 nitrogen and oxygen atoms in total. The molecule has 1 aromatic carbocycles. The summed E-state index contributed by atoms with van der Waals surface area (Å²) in [6.45, 7) is 2.17. The zero-order valence-electron chi connectivity index (χ0n) is 11.4. The number of aryl methyl sites for hydroxylation is 1. The van der Waals surface area contributed by atoms with Crippen molar-refractivity contribution in [3.63, 3.8) is 0 Å². The van der Waals surface area contributed by atoms with E-state index in [2.05, 4.69) is 15.5 Å². The molecule has 0 aliphatic rings. The van der Waals surface area contributed by atoms with Gasteiger partial charge in [-0.1, -0.05) is 6.07 Å². The van der Waals surface area contributed by atoms with Crippen LogP contribution >= 0.6 is 11.8 Å². The SMILES string of the molecule is CSCc1cc(F)ccc1CNC(=O)c1cn[nH]c1C. The quantitative estimate of drug-likeness (QED) is 0.891. The van der Waals surface area contributed by atoms with Crippen molar-refractivity contribution >= 4 is 17.7 Å². The third-order valence-electron chi connectivity index (χ3n) is 2.98. The molecular formula is C14H16FN3OS. The smallest absolute Gasteiger partial charge is 0.255 e. The predicted octanol–water partition coefficient (Wildman–Crippen LogP) is 2.65. The lowest BCUT2D eigenvalue weighted by atomic mass is 10.1. The highest BCUT2D eigenvalue weighted by molar-refractivity contribution is 7.97. The van der Waals surface area contributed by atoms with E-state index < -0.39 is 0 Å².